The van der Waals surface area contributed by atoms with E-state index in [1.165, 1.54) is 6.07 Å². The monoisotopic (exact) mass is 332 g/mol. The molecule has 6 heteroatoms. The number of nitrogens with zero attached hydrogens (tertiary/aromatic N) is 1. The predicted molar refractivity (Wildman–Crippen MR) is 75.8 cm³/mol. The van der Waals surface area contributed by atoms with Gasteiger partial charge in [-0.05, 0) is 42.2 Å². The van der Waals surface area contributed by atoms with E-state index in [4.69, 9.17) is 4.74 Å². The molecule has 0 aliphatic carbocycles. The van der Waals surface area contributed by atoms with Gasteiger partial charge in [0.25, 0.3) is 5.91 Å². The molecule has 1 aromatic carbocycles. The van der Waals surface area contributed by atoms with Gasteiger partial charge in [-0.1, -0.05) is 6.07 Å². The van der Waals surface area contributed by atoms with Crippen molar-refractivity contribution in [3.8, 4) is 0 Å². The van der Waals surface area contributed by atoms with E-state index in [0.29, 0.717) is 24.2 Å². The highest BCUT2D eigenvalue weighted by atomic mass is 79.9. The van der Waals surface area contributed by atoms with Crippen molar-refractivity contribution in [2.24, 2.45) is 0 Å². The van der Waals surface area contributed by atoms with Crippen molar-refractivity contribution in [1.82, 2.24) is 10.2 Å². The molecule has 0 saturated carbocycles. The molecule has 0 bridgehead atoms. The Morgan fingerprint density at radius 1 is 1.42 bits per heavy atom. The minimum absolute atomic E-state index is 0.0239. The zero-order valence-corrected chi connectivity index (χ0v) is 12.7. The number of amides is 1. The number of benzene rings is 1. The van der Waals surface area contributed by atoms with E-state index in [0.717, 1.165) is 6.54 Å². The van der Waals surface area contributed by atoms with Gasteiger partial charge in [-0.2, -0.15) is 0 Å². The fourth-order valence-electron chi connectivity index (χ4n) is 1.39. The third kappa shape index (κ3) is 5.67. The topological polar surface area (TPSA) is 41.6 Å². The molecule has 1 aromatic rings. The summed E-state index contributed by atoms with van der Waals surface area (Å²) in [7, 11) is 3.92. The van der Waals surface area contributed by atoms with Crippen LogP contribution in [0, 0.1) is 5.82 Å². The molecule has 0 aliphatic rings. The van der Waals surface area contributed by atoms with E-state index in [1.54, 1.807) is 12.1 Å². The van der Waals surface area contributed by atoms with Crippen molar-refractivity contribution < 1.29 is 13.9 Å². The van der Waals surface area contributed by atoms with Gasteiger partial charge in [-0.25, -0.2) is 4.39 Å². The summed E-state index contributed by atoms with van der Waals surface area (Å²) in [6.45, 7) is 2.19. The molecule has 4 nitrogen and oxygen atoms in total. The Labute approximate surface area is 121 Å². The first-order valence-corrected chi connectivity index (χ1v) is 6.76. The average Bonchev–Trinajstić information content (AvgIpc) is 2.33. The number of ether oxygens (including phenoxy) is 1. The van der Waals surface area contributed by atoms with E-state index < -0.39 is 11.7 Å². The SMILES string of the molecule is CN(C)CCOCCNC(=O)c1c(F)cccc1Br. The largest absolute Gasteiger partial charge is 0.378 e. The van der Waals surface area contributed by atoms with Crippen LogP contribution >= 0.6 is 15.9 Å². The zero-order chi connectivity index (χ0) is 14.3. The van der Waals surface area contributed by atoms with Crippen LogP contribution in [0.4, 0.5) is 4.39 Å². The van der Waals surface area contributed by atoms with E-state index >= 15 is 0 Å². The minimum atomic E-state index is -0.541. The number of hydrogen-bond donors (Lipinski definition) is 1. The van der Waals surface area contributed by atoms with E-state index in [-0.39, 0.29) is 5.56 Å². The van der Waals surface area contributed by atoms with Crippen LogP contribution in [0.1, 0.15) is 10.4 Å². The van der Waals surface area contributed by atoms with Crippen LogP contribution in [0.2, 0.25) is 0 Å². The summed E-state index contributed by atoms with van der Waals surface area (Å²) >= 11 is 3.16. The maximum atomic E-state index is 13.5. The summed E-state index contributed by atoms with van der Waals surface area (Å²) in [5.41, 5.74) is 0.0239. The second-order valence-corrected chi connectivity index (χ2v) is 5.12. The number of carbonyl (C=O) groups excluding carboxylic acids is 1. The third-order valence-corrected chi connectivity index (χ3v) is 3.07. The second kappa shape index (κ2) is 8.24. The van der Waals surface area contributed by atoms with Gasteiger partial charge in [0.15, 0.2) is 0 Å². The van der Waals surface area contributed by atoms with Gasteiger partial charge >= 0.3 is 0 Å². The Hall–Kier alpha value is -0.980. The number of nitrogens with one attached hydrogen (secondary N) is 1. The van der Waals surface area contributed by atoms with Gasteiger partial charge in [-0.15, -0.1) is 0 Å². The molecule has 1 rings (SSSR count). The summed E-state index contributed by atoms with van der Waals surface area (Å²) in [6.07, 6.45) is 0. The number of carbonyl (C=O) groups is 1. The van der Waals surface area contributed by atoms with Crippen LogP contribution in [0.3, 0.4) is 0 Å². The molecule has 0 radical (unpaired) electrons. The Morgan fingerprint density at radius 3 is 2.79 bits per heavy atom. The van der Waals surface area contributed by atoms with Crippen LogP contribution in [0.25, 0.3) is 0 Å². The molecule has 0 unspecified atom stereocenters. The number of likely N-dealkylation sites (N-methyl/N-ethyl adjacent to an activating group) is 1. The van der Waals surface area contributed by atoms with Crippen LogP contribution in [0.15, 0.2) is 22.7 Å². The van der Waals surface area contributed by atoms with Gasteiger partial charge in [0.1, 0.15) is 5.82 Å². The van der Waals surface area contributed by atoms with Crippen LogP contribution in [-0.2, 0) is 4.74 Å². The van der Waals surface area contributed by atoms with Crippen molar-refractivity contribution >= 4 is 21.8 Å². The molecule has 106 valence electrons. The van der Waals surface area contributed by atoms with Gasteiger partial charge in [-0.3, -0.25) is 4.79 Å². The predicted octanol–water partition coefficient (Wildman–Crippen LogP) is 1.90. The molecule has 0 fully saturated rings. The minimum Gasteiger partial charge on any atom is -0.378 e. The Kier molecular flexibility index (Phi) is 6.97. The number of rotatable bonds is 7. The van der Waals surface area contributed by atoms with Crippen molar-refractivity contribution in [3.63, 3.8) is 0 Å². The molecule has 0 spiro atoms. The van der Waals surface area contributed by atoms with Gasteiger partial charge in [0, 0.05) is 17.6 Å². The van der Waals surface area contributed by atoms with Gasteiger partial charge in [0.05, 0.1) is 18.8 Å². The highest BCUT2D eigenvalue weighted by Crippen LogP contribution is 2.19. The molecule has 19 heavy (non-hydrogen) atoms. The molecule has 0 aliphatic heterocycles. The fraction of sp³-hybridized carbons (Fsp3) is 0.462. The van der Waals surface area contributed by atoms with Crippen molar-refractivity contribution in [1.29, 1.82) is 0 Å². The van der Waals surface area contributed by atoms with Crippen molar-refractivity contribution in [2.45, 2.75) is 0 Å². The first-order chi connectivity index (χ1) is 9.02. The highest BCUT2D eigenvalue weighted by molar-refractivity contribution is 9.10. The van der Waals surface area contributed by atoms with E-state index in [9.17, 15) is 9.18 Å². The van der Waals surface area contributed by atoms with Crippen LogP contribution in [-0.4, -0.2) is 51.2 Å². The molecular weight excluding hydrogens is 315 g/mol. The normalized spacial score (nSPS) is 10.8. The van der Waals surface area contributed by atoms with Gasteiger partial charge in [0.2, 0.25) is 0 Å². The lowest BCUT2D eigenvalue weighted by Gasteiger charge is -2.11. The zero-order valence-electron chi connectivity index (χ0n) is 11.1. The molecule has 0 atom stereocenters. The maximum Gasteiger partial charge on any atom is 0.255 e. The molecule has 0 heterocycles. The summed E-state index contributed by atoms with van der Waals surface area (Å²) < 4.78 is 19.3. The third-order valence-electron chi connectivity index (χ3n) is 2.40. The lowest BCUT2D eigenvalue weighted by molar-refractivity contribution is 0.0896. The highest BCUT2D eigenvalue weighted by Gasteiger charge is 2.14. The summed E-state index contributed by atoms with van der Waals surface area (Å²) in [5.74, 6) is -0.985. The van der Waals surface area contributed by atoms with Crippen LogP contribution in [0.5, 0.6) is 0 Å². The van der Waals surface area contributed by atoms with Gasteiger partial charge < -0.3 is 15.0 Å². The van der Waals surface area contributed by atoms with E-state index in [2.05, 4.69) is 21.2 Å². The van der Waals surface area contributed by atoms with Crippen LogP contribution < -0.4 is 5.32 Å². The summed E-state index contributed by atoms with van der Waals surface area (Å²) in [6, 6.07) is 4.43. The quantitative estimate of drug-likeness (QED) is 0.775. The first kappa shape index (κ1) is 16.1. The average molecular weight is 333 g/mol. The summed E-state index contributed by atoms with van der Waals surface area (Å²) in [4.78, 5) is 13.8. The summed E-state index contributed by atoms with van der Waals surface area (Å²) in [5, 5.41) is 2.62. The first-order valence-electron chi connectivity index (χ1n) is 5.97. The fourth-order valence-corrected chi connectivity index (χ4v) is 1.91. The molecule has 0 aromatic heterocycles. The standard InChI is InChI=1S/C13H18BrFN2O2/c1-17(2)7-9-19-8-6-16-13(18)12-10(14)4-3-5-11(12)15/h3-5H,6-9H2,1-2H3,(H,16,18). The molecular formula is C13H18BrFN2O2. The second-order valence-electron chi connectivity index (χ2n) is 4.27. The molecule has 0 saturated heterocycles. The smallest absolute Gasteiger partial charge is 0.255 e. The molecule has 1 N–H and O–H groups in total. The van der Waals surface area contributed by atoms with E-state index in [1.807, 2.05) is 19.0 Å². The Morgan fingerprint density at radius 2 is 2.16 bits per heavy atom. The number of halogens is 2. The van der Waals surface area contributed by atoms with Crippen molar-refractivity contribution in [2.75, 3.05) is 40.4 Å². The Bertz CT molecular complexity index is 407. The Balaban J connectivity index is 2.32. The maximum absolute atomic E-state index is 13.5. The van der Waals surface area contributed by atoms with Crippen molar-refractivity contribution in [3.05, 3.63) is 34.1 Å². The lowest BCUT2D eigenvalue weighted by atomic mass is 10.2. The lowest BCUT2D eigenvalue weighted by Crippen LogP contribution is -2.29. The number of hydrogen-bond acceptors (Lipinski definition) is 3. The molecule has 1 amide bonds.